The van der Waals surface area contributed by atoms with Gasteiger partial charge in [0.2, 0.25) is 0 Å². The molecule has 0 N–H and O–H groups in total. The largest absolute Gasteiger partial charge is 0.285 e. The highest BCUT2D eigenvalue weighted by Crippen LogP contribution is 2.28. The first-order chi connectivity index (χ1) is 11.6. The van der Waals surface area contributed by atoms with Crippen molar-refractivity contribution in [3.63, 3.8) is 0 Å². The molecule has 0 aromatic heterocycles. The van der Waals surface area contributed by atoms with E-state index in [2.05, 4.69) is 29.3 Å². The number of aliphatic imine (C=N–C) groups is 1. The summed E-state index contributed by atoms with van der Waals surface area (Å²) < 4.78 is 0. The molecule has 0 fully saturated rings. The molecule has 0 spiro atoms. The van der Waals surface area contributed by atoms with Crippen molar-refractivity contribution < 1.29 is 0 Å². The van der Waals surface area contributed by atoms with E-state index in [1.165, 1.54) is 11.1 Å². The number of hydrogen-bond acceptors (Lipinski definition) is 1. The summed E-state index contributed by atoms with van der Waals surface area (Å²) in [6, 6.07) is 24.1. The minimum Gasteiger partial charge on any atom is -0.285 e. The van der Waals surface area contributed by atoms with Crippen LogP contribution in [-0.2, 0) is 0 Å². The van der Waals surface area contributed by atoms with Gasteiger partial charge in [-0.1, -0.05) is 77.8 Å². The van der Waals surface area contributed by atoms with Gasteiger partial charge in [-0.2, -0.15) is 0 Å². The molecule has 3 aromatic rings. The molecule has 3 heteroatoms. The van der Waals surface area contributed by atoms with E-state index in [0.29, 0.717) is 10.0 Å². The van der Waals surface area contributed by atoms with Gasteiger partial charge in [0.05, 0.1) is 6.04 Å². The second-order valence-electron chi connectivity index (χ2n) is 5.61. The van der Waals surface area contributed by atoms with Crippen LogP contribution in [0.3, 0.4) is 0 Å². The van der Waals surface area contributed by atoms with Crippen LogP contribution in [0.5, 0.6) is 0 Å². The monoisotopic (exact) mass is 353 g/mol. The lowest BCUT2D eigenvalue weighted by atomic mass is 10.0. The van der Waals surface area contributed by atoms with Gasteiger partial charge in [-0.15, -0.1) is 0 Å². The molecule has 0 aliphatic rings. The number of nitrogens with zero attached hydrogens (tertiary/aromatic N) is 1. The van der Waals surface area contributed by atoms with Crippen molar-refractivity contribution in [2.75, 3.05) is 0 Å². The average molecular weight is 354 g/mol. The molecule has 0 aliphatic heterocycles. The van der Waals surface area contributed by atoms with Gasteiger partial charge in [0.25, 0.3) is 0 Å². The lowest BCUT2D eigenvalue weighted by Gasteiger charge is -2.09. The smallest absolute Gasteiger partial charge is 0.0735 e. The maximum absolute atomic E-state index is 6.25. The molecule has 0 aliphatic carbocycles. The number of benzene rings is 3. The summed E-state index contributed by atoms with van der Waals surface area (Å²) in [6.07, 6.45) is 1.89. The Labute approximate surface area is 152 Å². The summed E-state index contributed by atoms with van der Waals surface area (Å²) in [7, 11) is 0. The number of rotatable bonds is 4. The standard InChI is InChI=1S/C21H17Cl2N/c1-15(20-11-10-19(22)13-21(20)23)24-14-16-6-5-9-18(12-16)17-7-3-2-4-8-17/h2-15H,1H3/b24-14+. The Hall–Kier alpha value is -2.09. The molecule has 1 atom stereocenters. The van der Waals surface area contributed by atoms with Crippen LogP contribution in [0.25, 0.3) is 11.1 Å². The van der Waals surface area contributed by atoms with Crippen LogP contribution in [0.1, 0.15) is 24.1 Å². The van der Waals surface area contributed by atoms with Gasteiger partial charge in [0.1, 0.15) is 0 Å². The molecule has 3 rings (SSSR count). The van der Waals surface area contributed by atoms with E-state index < -0.39 is 0 Å². The van der Waals surface area contributed by atoms with E-state index in [1.807, 2.05) is 55.6 Å². The highest BCUT2D eigenvalue weighted by molar-refractivity contribution is 6.35. The van der Waals surface area contributed by atoms with Gasteiger partial charge in [0, 0.05) is 16.3 Å². The Bertz CT molecular complexity index is 857. The topological polar surface area (TPSA) is 12.4 Å². The van der Waals surface area contributed by atoms with Gasteiger partial charge in [0.15, 0.2) is 0 Å². The molecule has 0 amide bonds. The third-order valence-corrected chi connectivity index (χ3v) is 4.42. The van der Waals surface area contributed by atoms with Gasteiger partial charge >= 0.3 is 0 Å². The fourth-order valence-electron chi connectivity index (χ4n) is 2.55. The maximum Gasteiger partial charge on any atom is 0.0735 e. The molecular formula is C21H17Cl2N. The fourth-order valence-corrected chi connectivity index (χ4v) is 3.11. The van der Waals surface area contributed by atoms with Crippen molar-refractivity contribution in [2.24, 2.45) is 4.99 Å². The Morgan fingerprint density at radius 1 is 0.833 bits per heavy atom. The Kier molecular flexibility index (Phi) is 5.34. The maximum atomic E-state index is 6.25. The van der Waals surface area contributed by atoms with Gasteiger partial charge in [-0.3, -0.25) is 4.99 Å². The zero-order chi connectivity index (χ0) is 16.9. The zero-order valence-corrected chi connectivity index (χ0v) is 14.8. The second-order valence-corrected chi connectivity index (χ2v) is 6.46. The Balaban J connectivity index is 1.82. The van der Waals surface area contributed by atoms with Gasteiger partial charge < -0.3 is 0 Å². The van der Waals surface area contributed by atoms with Crippen molar-refractivity contribution in [3.05, 3.63) is 94.0 Å². The summed E-state index contributed by atoms with van der Waals surface area (Å²) in [5.74, 6) is 0. The molecule has 1 unspecified atom stereocenters. The van der Waals surface area contributed by atoms with Crippen LogP contribution in [0.15, 0.2) is 77.8 Å². The van der Waals surface area contributed by atoms with Crippen LogP contribution in [0, 0.1) is 0 Å². The van der Waals surface area contributed by atoms with Crippen LogP contribution in [0.2, 0.25) is 10.0 Å². The first-order valence-electron chi connectivity index (χ1n) is 7.77. The number of hydrogen-bond donors (Lipinski definition) is 0. The van der Waals surface area contributed by atoms with Crippen molar-refractivity contribution >= 4 is 29.4 Å². The predicted octanol–water partition coefficient (Wildman–Crippen LogP) is 6.84. The van der Waals surface area contributed by atoms with E-state index in [4.69, 9.17) is 23.2 Å². The third kappa shape index (κ3) is 4.05. The Morgan fingerprint density at radius 2 is 1.58 bits per heavy atom. The third-order valence-electron chi connectivity index (χ3n) is 3.85. The summed E-state index contributed by atoms with van der Waals surface area (Å²) in [4.78, 5) is 4.64. The van der Waals surface area contributed by atoms with Gasteiger partial charge in [-0.25, -0.2) is 0 Å². The molecule has 0 saturated heterocycles. The van der Waals surface area contributed by atoms with Crippen molar-refractivity contribution in [1.29, 1.82) is 0 Å². The lowest BCUT2D eigenvalue weighted by Crippen LogP contribution is -1.93. The molecule has 0 saturated carbocycles. The predicted molar refractivity (Wildman–Crippen MR) is 104 cm³/mol. The van der Waals surface area contributed by atoms with Crippen LogP contribution >= 0.6 is 23.2 Å². The molecule has 3 aromatic carbocycles. The van der Waals surface area contributed by atoms with Crippen molar-refractivity contribution in [1.82, 2.24) is 0 Å². The number of halogens is 2. The first kappa shape index (κ1) is 16.8. The summed E-state index contributed by atoms with van der Waals surface area (Å²) in [6.45, 7) is 2.02. The Morgan fingerprint density at radius 3 is 2.33 bits per heavy atom. The molecule has 0 heterocycles. The second kappa shape index (κ2) is 7.65. The van der Waals surface area contributed by atoms with Crippen molar-refractivity contribution in [2.45, 2.75) is 13.0 Å². The highest BCUT2D eigenvalue weighted by atomic mass is 35.5. The molecule has 120 valence electrons. The van der Waals surface area contributed by atoms with Crippen molar-refractivity contribution in [3.8, 4) is 11.1 Å². The molecule has 24 heavy (non-hydrogen) atoms. The van der Waals surface area contributed by atoms with E-state index in [1.54, 1.807) is 6.07 Å². The molecule has 0 bridgehead atoms. The van der Waals surface area contributed by atoms with E-state index >= 15 is 0 Å². The minimum atomic E-state index is -0.0323. The molecular weight excluding hydrogens is 337 g/mol. The zero-order valence-electron chi connectivity index (χ0n) is 13.3. The van der Waals surface area contributed by atoms with Crippen LogP contribution in [0.4, 0.5) is 0 Å². The quantitative estimate of drug-likeness (QED) is 0.455. The lowest BCUT2D eigenvalue weighted by molar-refractivity contribution is 0.825. The first-order valence-corrected chi connectivity index (χ1v) is 8.53. The average Bonchev–Trinajstić information content (AvgIpc) is 2.61. The summed E-state index contributed by atoms with van der Waals surface area (Å²) >= 11 is 12.2. The summed E-state index contributed by atoms with van der Waals surface area (Å²) in [5, 5.41) is 1.28. The highest BCUT2D eigenvalue weighted by Gasteiger charge is 2.08. The van der Waals surface area contributed by atoms with Crippen LogP contribution in [-0.4, -0.2) is 6.21 Å². The van der Waals surface area contributed by atoms with E-state index in [9.17, 15) is 0 Å². The minimum absolute atomic E-state index is 0.0323. The van der Waals surface area contributed by atoms with Crippen LogP contribution < -0.4 is 0 Å². The van der Waals surface area contributed by atoms with Gasteiger partial charge in [-0.05, 0) is 47.4 Å². The molecule has 1 nitrogen and oxygen atoms in total. The fraction of sp³-hybridized carbons (Fsp3) is 0.0952. The molecule has 0 radical (unpaired) electrons. The van der Waals surface area contributed by atoms with E-state index in [-0.39, 0.29) is 6.04 Å². The summed E-state index contributed by atoms with van der Waals surface area (Å²) in [5.41, 5.74) is 4.41. The normalized spacial score (nSPS) is 12.5. The SMILES string of the molecule is CC(/N=C/c1cccc(-c2ccccc2)c1)c1ccc(Cl)cc1Cl. The van der Waals surface area contributed by atoms with E-state index in [0.717, 1.165) is 11.1 Å².